The minimum Gasteiger partial charge on any atom is -0.374 e. The van der Waals surface area contributed by atoms with Crippen molar-refractivity contribution in [3.63, 3.8) is 0 Å². The van der Waals surface area contributed by atoms with E-state index in [4.69, 9.17) is 4.74 Å². The smallest absolute Gasteiger partial charge is 0.119 e. The Labute approximate surface area is 89.5 Å². The van der Waals surface area contributed by atoms with E-state index in [9.17, 15) is 0 Å². The summed E-state index contributed by atoms with van der Waals surface area (Å²) in [5, 5.41) is 6.31. The van der Waals surface area contributed by atoms with Crippen LogP contribution < -0.4 is 5.32 Å². The summed E-state index contributed by atoms with van der Waals surface area (Å²) in [4.78, 5) is 4.47. The topological polar surface area (TPSA) is 34.1 Å². The molecule has 1 heterocycles. The van der Waals surface area contributed by atoms with Crippen molar-refractivity contribution in [1.29, 1.82) is 0 Å². The van der Waals surface area contributed by atoms with Gasteiger partial charge >= 0.3 is 0 Å². The summed E-state index contributed by atoms with van der Waals surface area (Å²) >= 11 is 1.69. The van der Waals surface area contributed by atoms with Gasteiger partial charge in [0, 0.05) is 25.0 Å². The second-order valence-corrected chi connectivity index (χ2v) is 4.08. The molecule has 0 bridgehead atoms. The Kier molecular flexibility index (Phi) is 5.75. The predicted octanol–water partition coefficient (Wildman–Crippen LogP) is 1.83. The van der Waals surface area contributed by atoms with Crippen LogP contribution in [0.4, 0.5) is 0 Å². The van der Waals surface area contributed by atoms with E-state index in [2.05, 4.69) is 22.6 Å². The summed E-state index contributed by atoms with van der Waals surface area (Å²) in [6.45, 7) is 4.59. The van der Waals surface area contributed by atoms with Gasteiger partial charge < -0.3 is 10.1 Å². The molecular formula is C10H18N2OS. The fourth-order valence-corrected chi connectivity index (χ4v) is 1.85. The monoisotopic (exact) mass is 214 g/mol. The number of hydrogen-bond acceptors (Lipinski definition) is 4. The molecule has 0 unspecified atom stereocenters. The van der Waals surface area contributed by atoms with Crippen molar-refractivity contribution < 1.29 is 4.74 Å². The third-order valence-corrected chi connectivity index (χ3v) is 2.68. The number of likely N-dealkylation sites (N-methyl/N-ethyl adjacent to an activating group) is 1. The number of hydrogen-bond donors (Lipinski definition) is 1. The van der Waals surface area contributed by atoms with Crippen molar-refractivity contribution in [1.82, 2.24) is 10.3 Å². The van der Waals surface area contributed by atoms with Crippen molar-refractivity contribution in [2.24, 2.45) is 0 Å². The molecule has 4 heteroatoms. The van der Waals surface area contributed by atoms with Crippen molar-refractivity contribution in [2.45, 2.75) is 26.4 Å². The maximum atomic E-state index is 5.42. The predicted molar refractivity (Wildman–Crippen MR) is 59.7 cm³/mol. The van der Waals surface area contributed by atoms with Crippen LogP contribution in [0, 0.1) is 0 Å². The van der Waals surface area contributed by atoms with Crippen LogP contribution in [0.5, 0.6) is 0 Å². The number of aromatic nitrogens is 1. The number of ether oxygens (including phenoxy) is 1. The molecule has 0 aromatic carbocycles. The van der Waals surface area contributed by atoms with Gasteiger partial charge in [0.1, 0.15) is 5.01 Å². The molecule has 14 heavy (non-hydrogen) atoms. The molecule has 0 saturated heterocycles. The number of nitrogens with zero attached hydrogens (tertiary/aromatic N) is 1. The molecule has 0 radical (unpaired) electrons. The van der Waals surface area contributed by atoms with Crippen LogP contribution in [-0.2, 0) is 17.8 Å². The first-order valence-electron chi connectivity index (χ1n) is 5.02. The van der Waals surface area contributed by atoms with Gasteiger partial charge in [-0.1, -0.05) is 6.92 Å². The van der Waals surface area contributed by atoms with E-state index in [0.717, 1.165) is 31.0 Å². The van der Waals surface area contributed by atoms with Gasteiger partial charge in [-0.3, -0.25) is 0 Å². The molecule has 0 spiro atoms. The van der Waals surface area contributed by atoms with Crippen LogP contribution in [0.15, 0.2) is 5.38 Å². The van der Waals surface area contributed by atoms with Crippen LogP contribution in [0.1, 0.15) is 24.0 Å². The van der Waals surface area contributed by atoms with Gasteiger partial charge in [-0.2, -0.15) is 0 Å². The highest BCUT2D eigenvalue weighted by Crippen LogP contribution is 2.11. The third-order valence-electron chi connectivity index (χ3n) is 1.80. The van der Waals surface area contributed by atoms with Crippen LogP contribution in [0.3, 0.4) is 0 Å². The first kappa shape index (κ1) is 11.6. The zero-order valence-electron chi connectivity index (χ0n) is 8.88. The maximum Gasteiger partial charge on any atom is 0.119 e. The summed E-state index contributed by atoms with van der Waals surface area (Å²) in [5.74, 6) is 0. The SMILES string of the molecule is CCCOCc1nc(CCNC)cs1. The molecule has 1 aromatic heterocycles. The third kappa shape index (κ3) is 4.17. The summed E-state index contributed by atoms with van der Waals surface area (Å²) in [7, 11) is 1.96. The van der Waals surface area contributed by atoms with Crippen molar-refractivity contribution in [2.75, 3.05) is 20.2 Å². The van der Waals surface area contributed by atoms with Crippen LogP contribution in [0.2, 0.25) is 0 Å². The van der Waals surface area contributed by atoms with Gasteiger partial charge in [0.15, 0.2) is 0 Å². The molecule has 0 aliphatic rings. The Morgan fingerprint density at radius 3 is 3.14 bits per heavy atom. The molecule has 3 nitrogen and oxygen atoms in total. The number of rotatable bonds is 7. The molecule has 0 aliphatic heterocycles. The van der Waals surface area contributed by atoms with Crippen molar-refractivity contribution in [3.8, 4) is 0 Å². The fraction of sp³-hybridized carbons (Fsp3) is 0.700. The lowest BCUT2D eigenvalue weighted by molar-refractivity contribution is 0.121. The Balaban J connectivity index is 2.27. The van der Waals surface area contributed by atoms with Crippen molar-refractivity contribution >= 4 is 11.3 Å². The average Bonchev–Trinajstić information content (AvgIpc) is 2.63. The maximum absolute atomic E-state index is 5.42. The zero-order chi connectivity index (χ0) is 10.2. The molecule has 0 amide bonds. The van der Waals surface area contributed by atoms with E-state index in [1.807, 2.05) is 7.05 Å². The standard InChI is InChI=1S/C10H18N2OS/c1-3-6-13-7-10-12-9(8-14-10)4-5-11-2/h8,11H,3-7H2,1-2H3. The Morgan fingerprint density at radius 2 is 2.43 bits per heavy atom. The fourth-order valence-electron chi connectivity index (χ4n) is 1.09. The molecule has 1 aromatic rings. The van der Waals surface area contributed by atoms with E-state index in [-0.39, 0.29) is 0 Å². The van der Waals surface area contributed by atoms with E-state index >= 15 is 0 Å². The first-order chi connectivity index (χ1) is 6.86. The summed E-state index contributed by atoms with van der Waals surface area (Å²) < 4.78 is 5.42. The van der Waals surface area contributed by atoms with Crippen LogP contribution >= 0.6 is 11.3 Å². The summed E-state index contributed by atoms with van der Waals surface area (Å²) in [5.41, 5.74) is 1.17. The Hall–Kier alpha value is -0.450. The molecule has 0 atom stereocenters. The first-order valence-corrected chi connectivity index (χ1v) is 5.90. The van der Waals surface area contributed by atoms with E-state index in [1.54, 1.807) is 11.3 Å². The highest BCUT2D eigenvalue weighted by Gasteiger charge is 2.01. The Bertz CT molecular complexity index is 250. The van der Waals surface area contributed by atoms with E-state index < -0.39 is 0 Å². The van der Waals surface area contributed by atoms with Gasteiger partial charge in [0.2, 0.25) is 0 Å². The molecule has 0 aliphatic carbocycles. The largest absolute Gasteiger partial charge is 0.374 e. The van der Waals surface area contributed by atoms with E-state index in [0.29, 0.717) is 6.61 Å². The molecule has 80 valence electrons. The van der Waals surface area contributed by atoms with Crippen LogP contribution in [-0.4, -0.2) is 25.2 Å². The minimum atomic E-state index is 0.665. The van der Waals surface area contributed by atoms with Gasteiger partial charge in [-0.15, -0.1) is 11.3 Å². The summed E-state index contributed by atoms with van der Waals surface area (Å²) in [6.07, 6.45) is 2.07. The van der Waals surface area contributed by atoms with Gasteiger partial charge in [-0.25, -0.2) is 4.98 Å². The summed E-state index contributed by atoms with van der Waals surface area (Å²) in [6, 6.07) is 0. The van der Waals surface area contributed by atoms with Gasteiger partial charge in [-0.05, 0) is 13.5 Å². The van der Waals surface area contributed by atoms with Gasteiger partial charge in [0.05, 0.1) is 12.3 Å². The van der Waals surface area contributed by atoms with Crippen molar-refractivity contribution in [3.05, 3.63) is 16.1 Å². The van der Waals surface area contributed by atoms with Gasteiger partial charge in [0.25, 0.3) is 0 Å². The highest BCUT2D eigenvalue weighted by atomic mass is 32.1. The minimum absolute atomic E-state index is 0.665. The van der Waals surface area contributed by atoms with Crippen LogP contribution in [0.25, 0.3) is 0 Å². The second-order valence-electron chi connectivity index (χ2n) is 3.14. The number of thiazole rings is 1. The lowest BCUT2D eigenvalue weighted by Crippen LogP contribution is -2.10. The molecule has 1 rings (SSSR count). The normalized spacial score (nSPS) is 10.7. The van der Waals surface area contributed by atoms with E-state index in [1.165, 1.54) is 5.69 Å². The molecule has 0 fully saturated rings. The molecule has 0 saturated carbocycles. The average molecular weight is 214 g/mol. The number of nitrogens with one attached hydrogen (secondary N) is 1. The lowest BCUT2D eigenvalue weighted by Gasteiger charge is -1.97. The lowest BCUT2D eigenvalue weighted by atomic mass is 10.3. The molecular weight excluding hydrogens is 196 g/mol. The Morgan fingerprint density at radius 1 is 1.57 bits per heavy atom. The zero-order valence-corrected chi connectivity index (χ0v) is 9.69. The molecule has 1 N–H and O–H groups in total. The quantitative estimate of drug-likeness (QED) is 0.703. The second kappa shape index (κ2) is 6.92. The highest BCUT2D eigenvalue weighted by molar-refractivity contribution is 7.09.